The summed E-state index contributed by atoms with van der Waals surface area (Å²) in [4.78, 5) is 36.2. The van der Waals surface area contributed by atoms with Crippen molar-refractivity contribution in [3.63, 3.8) is 0 Å². The number of nitrogens with zero attached hydrogens (tertiary/aromatic N) is 4. The summed E-state index contributed by atoms with van der Waals surface area (Å²) in [5.74, 6) is -1.71. The van der Waals surface area contributed by atoms with Crippen LogP contribution in [0.5, 0.6) is 0 Å². The number of anilines is 1. The second-order valence-corrected chi connectivity index (χ2v) is 13.7. The number of phosphoric acid groups is 2. The Morgan fingerprint density at radius 3 is 2.38 bits per heavy atom. The van der Waals surface area contributed by atoms with Gasteiger partial charge in [0.05, 0.1) is 25.5 Å². The number of phosphoric ester groups is 2. The highest BCUT2D eigenvalue weighted by molar-refractivity contribution is 7.59. The summed E-state index contributed by atoms with van der Waals surface area (Å²) in [6.45, 7) is -1.72. The minimum Gasteiger partial charge on any atom is -0.756 e. The number of aliphatic hydroxyl groups excluding tert-OH is 4. The number of carbonyl (C=O) groups excluding carboxylic acids is 1. The fourth-order valence-corrected chi connectivity index (χ4v) is 7.33. The van der Waals surface area contributed by atoms with Gasteiger partial charge in [0.1, 0.15) is 35.7 Å². The topological polar surface area (TPSA) is 338 Å². The van der Waals surface area contributed by atoms with Gasteiger partial charge in [0.2, 0.25) is 0 Å². The molecular weight excluding hydrogens is 668 g/mol. The van der Waals surface area contributed by atoms with Crippen molar-refractivity contribution in [2.45, 2.75) is 49.2 Å². The van der Waals surface area contributed by atoms with Gasteiger partial charge in [-0.15, -0.1) is 5.10 Å². The Bertz CT molecular complexity index is 1660. The van der Waals surface area contributed by atoms with Crippen LogP contribution in [-0.2, 0) is 27.2 Å². The molecule has 20 nitrogen and oxygen atoms in total. The van der Waals surface area contributed by atoms with E-state index in [2.05, 4.69) is 23.7 Å². The van der Waals surface area contributed by atoms with E-state index < -0.39 is 83.5 Å². The number of primary amides is 1. The van der Waals surface area contributed by atoms with Crippen LogP contribution in [0, 0.1) is 5.92 Å². The average Bonchev–Trinajstić information content (AvgIpc) is 3.67. The number of carbonyl (C=O) groups is 1. The summed E-state index contributed by atoms with van der Waals surface area (Å²) in [5, 5.41) is 49.7. The highest BCUT2D eigenvalue weighted by Crippen LogP contribution is 2.56. The SMILES string of the molecule is NC(=O)c1ccc[n+]([C@@H]2C[C@H](COP(=O)([O-])OP(=O)([O-])OC[C@@H]3O[C@H](n4cc(-c5ccccc5N)nn4)[C@@H](O)[C@H]3O)[C@@H](O)[C@H]2O)c1.[NH4+]. The molecule has 0 spiro atoms. The third-order valence-electron chi connectivity index (χ3n) is 7.65. The molecule has 10 atom stereocenters. The molecule has 47 heavy (non-hydrogen) atoms. The van der Waals surface area contributed by atoms with E-state index in [0.29, 0.717) is 16.9 Å². The lowest BCUT2D eigenvalue weighted by Gasteiger charge is -2.32. The number of rotatable bonds is 12. The largest absolute Gasteiger partial charge is 0.756 e. The van der Waals surface area contributed by atoms with E-state index in [4.69, 9.17) is 16.2 Å². The van der Waals surface area contributed by atoms with Crippen LogP contribution in [0.1, 0.15) is 29.0 Å². The molecule has 3 aromatic rings. The molecule has 1 saturated carbocycles. The Labute approximate surface area is 266 Å². The number of hydrogen-bond acceptors (Lipinski definition) is 16. The smallest absolute Gasteiger partial charge is 0.274 e. The number of aliphatic hydroxyl groups is 4. The van der Waals surface area contributed by atoms with Crippen molar-refractivity contribution >= 4 is 27.2 Å². The van der Waals surface area contributed by atoms with Gasteiger partial charge in [-0.1, -0.05) is 23.4 Å². The van der Waals surface area contributed by atoms with Crippen molar-refractivity contribution in [2.75, 3.05) is 18.9 Å². The van der Waals surface area contributed by atoms with E-state index >= 15 is 0 Å². The van der Waals surface area contributed by atoms with Gasteiger partial charge in [0.25, 0.3) is 21.6 Å². The quantitative estimate of drug-likeness (QED) is 0.0602. The fourth-order valence-electron chi connectivity index (χ4n) is 5.27. The summed E-state index contributed by atoms with van der Waals surface area (Å²) in [5.41, 5.74) is 12.6. The number of amides is 1. The van der Waals surface area contributed by atoms with Crippen LogP contribution in [0.4, 0.5) is 5.69 Å². The number of quaternary nitrogens is 1. The average molecular weight is 704 g/mol. The molecule has 0 radical (unpaired) electrons. The maximum Gasteiger partial charge on any atom is 0.274 e. The monoisotopic (exact) mass is 703 g/mol. The maximum atomic E-state index is 12.3. The van der Waals surface area contributed by atoms with Crippen LogP contribution in [-0.4, -0.2) is 85.1 Å². The Morgan fingerprint density at radius 1 is 1.02 bits per heavy atom. The third-order valence-corrected chi connectivity index (χ3v) is 10.2. The minimum atomic E-state index is -5.64. The van der Waals surface area contributed by atoms with Gasteiger partial charge in [0, 0.05) is 29.7 Å². The van der Waals surface area contributed by atoms with Crippen molar-refractivity contribution in [1.29, 1.82) is 0 Å². The first-order valence-corrected chi connectivity index (χ1v) is 16.7. The van der Waals surface area contributed by atoms with Crippen molar-refractivity contribution in [3.05, 3.63) is 60.6 Å². The van der Waals surface area contributed by atoms with Crippen LogP contribution in [0.15, 0.2) is 55.0 Å². The molecule has 1 saturated heterocycles. The Kier molecular flexibility index (Phi) is 11.3. The van der Waals surface area contributed by atoms with Crippen molar-refractivity contribution in [1.82, 2.24) is 21.1 Å². The van der Waals surface area contributed by atoms with Crippen molar-refractivity contribution in [3.8, 4) is 11.3 Å². The minimum absolute atomic E-state index is 0. The molecule has 2 aromatic heterocycles. The molecule has 1 aliphatic carbocycles. The molecule has 0 bridgehead atoms. The van der Waals surface area contributed by atoms with Crippen LogP contribution in [0.3, 0.4) is 0 Å². The number of pyridine rings is 1. The number of aromatic nitrogens is 4. The molecule has 1 amide bonds. The van der Waals surface area contributed by atoms with Crippen LogP contribution < -0.4 is 32.0 Å². The first kappa shape index (κ1) is 36.6. The van der Waals surface area contributed by atoms with E-state index in [1.54, 1.807) is 24.3 Å². The molecule has 1 aliphatic heterocycles. The number of para-hydroxylation sites is 1. The van der Waals surface area contributed by atoms with Crippen molar-refractivity contribution in [2.24, 2.45) is 11.7 Å². The van der Waals surface area contributed by atoms with Gasteiger partial charge in [0.15, 0.2) is 24.7 Å². The van der Waals surface area contributed by atoms with E-state index in [9.17, 15) is 44.1 Å². The molecule has 258 valence electrons. The Balaban J connectivity index is 0.00000500. The molecule has 2 fully saturated rings. The summed E-state index contributed by atoms with van der Waals surface area (Å²) in [6.07, 6.45) is -4.70. The second-order valence-electron chi connectivity index (χ2n) is 10.7. The van der Waals surface area contributed by atoms with Crippen LogP contribution in [0.25, 0.3) is 11.3 Å². The molecule has 5 rings (SSSR count). The highest BCUT2D eigenvalue weighted by atomic mass is 31.3. The van der Waals surface area contributed by atoms with Crippen LogP contribution >= 0.6 is 15.6 Å². The zero-order chi connectivity index (χ0) is 33.4. The van der Waals surface area contributed by atoms with E-state index in [0.717, 1.165) is 4.68 Å². The zero-order valence-corrected chi connectivity index (χ0v) is 26.5. The molecule has 2 aliphatic rings. The van der Waals surface area contributed by atoms with Gasteiger partial charge < -0.3 is 61.6 Å². The Hall–Kier alpha value is -3.20. The van der Waals surface area contributed by atoms with Gasteiger partial charge in [-0.05, 0) is 12.1 Å². The first-order valence-electron chi connectivity index (χ1n) is 13.7. The number of nitrogen functional groups attached to an aromatic ring is 1. The summed E-state index contributed by atoms with van der Waals surface area (Å²) < 4.78 is 46.1. The maximum absolute atomic E-state index is 12.3. The summed E-state index contributed by atoms with van der Waals surface area (Å²) in [7, 11) is -11.2. The summed E-state index contributed by atoms with van der Waals surface area (Å²) >= 11 is 0. The van der Waals surface area contributed by atoms with Crippen molar-refractivity contribution < 1.29 is 66.8 Å². The highest BCUT2D eigenvalue weighted by Gasteiger charge is 2.48. The molecule has 1 aromatic carbocycles. The summed E-state index contributed by atoms with van der Waals surface area (Å²) in [6, 6.07) is 8.94. The standard InChI is InChI=1S/C25H32N6O13P2.H3N/c26-16-6-2-1-5-15(16)17-10-31(29-28-17)25-23(35)22(34)19(43-25)12-42-46(39,40)44-45(37,38)41-11-14-8-18(21(33)20(14)32)30-7-3-4-13(9-30)24(27)36;/h1-7,9-10,14,18-23,25,32-35H,8,11-12,26H2,(H3-,27,36,37,38,39,40);1H3/t14-,18-,19+,20-,21+,22+,23+,25+;/m1./s1. The second kappa shape index (κ2) is 14.5. The van der Waals surface area contributed by atoms with E-state index in [-0.39, 0.29) is 18.1 Å². The lowest BCUT2D eigenvalue weighted by molar-refractivity contribution is -0.728. The third kappa shape index (κ3) is 8.27. The number of ether oxygens (including phenoxy) is 1. The lowest BCUT2D eigenvalue weighted by atomic mass is 10.1. The molecule has 2 unspecified atom stereocenters. The molecular formula is C25H35N7O13P2. The zero-order valence-electron chi connectivity index (χ0n) is 24.7. The van der Waals surface area contributed by atoms with E-state index in [1.807, 2.05) is 0 Å². The predicted octanol–water partition coefficient (Wildman–Crippen LogP) is -2.12. The molecule has 12 N–H and O–H groups in total. The van der Waals surface area contributed by atoms with Gasteiger partial charge in [-0.2, -0.15) is 4.57 Å². The number of nitrogens with two attached hydrogens (primary N) is 2. The normalized spacial score (nSPS) is 29.9. The predicted molar refractivity (Wildman–Crippen MR) is 154 cm³/mol. The fraction of sp³-hybridized carbons (Fsp3) is 0.440. The number of benzene rings is 1. The molecule has 22 heteroatoms. The van der Waals surface area contributed by atoms with Gasteiger partial charge >= 0.3 is 0 Å². The Morgan fingerprint density at radius 2 is 1.70 bits per heavy atom. The van der Waals surface area contributed by atoms with Crippen LogP contribution in [0.2, 0.25) is 0 Å². The number of hydrogen-bond donors (Lipinski definition) is 7. The lowest BCUT2D eigenvalue weighted by Crippen LogP contribution is -2.45. The molecule has 3 heterocycles. The first-order chi connectivity index (χ1) is 21.7. The van der Waals surface area contributed by atoms with Gasteiger partial charge in [-0.3, -0.25) is 13.9 Å². The van der Waals surface area contributed by atoms with Gasteiger partial charge in [-0.25, -0.2) is 8.99 Å². The van der Waals surface area contributed by atoms with E-state index in [1.165, 1.54) is 35.3 Å².